The second-order valence-electron chi connectivity index (χ2n) is 3.20. The first-order valence-corrected chi connectivity index (χ1v) is 5.53. The molecule has 0 amide bonds. The average Bonchev–Trinajstić information content (AvgIpc) is 2.74. The summed E-state index contributed by atoms with van der Waals surface area (Å²) in [4.78, 5) is 12.0. The smallest absolute Gasteiger partial charge is 0.352 e. The van der Waals surface area contributed by atoms with E-state index < -0.39 is 5.97 Å². The molecule has 0 bridgehead atoms. The SMILES string of the molecule is C/C=C\Cn1c(C(=O)O)cc2ccsc21. The Hall–Kier alpha value is -1.55. The molecule has 2 heterocycles. The molecule has 0 saturated carbocycles. The molecule has 2 aromatic rings. The van der Waals surface area contributed by atoms with Gasteiger partial charge < -0.3 is 9.67 Å². The molecular weight excluding hydrogens is 210 g/mol. The van der Waals surface area contributed by atoms with Crippen molar-refractivity contribution < 1.29 is 9.90 Å². The molecule has 0 saturated heterocycles. The molecule has 0 aliphatic heterocycles. The fraction of sp³-hybridized carbons (Fsp3) is 0.182. The van der Waals surface area contributed by atoms with Gasteiger partial charge in [0.15, 0.2) is 0 Å². The number of hydrogen-bond donors (Lipinski definition) is 1. The van der Waals surface area contributed by atoms with Crippen LogP contribution in [0.2, 0.25) is 0 Å². The second-order valence-corrected chi connectivity index (χ2v) is 4.09. The lowest BCUT2D eigenvalue weighted by atomic mass is 10.3. The zero-order valence-corrected chi connectivity index (χ0v) is 9.12. The predicted octanol–water partition coefficient (Wildman–Crippen LogP) is 2.98. The van der Waals surface area contributed by atoms with E-state index in [1.54, 1.807) is 17.4 Å². The molecule has 0 aliphatic carbocycles. The Labute approximate surface area is 91.3 Å². The summed E-state index contributed by atoms with van der Waals surface area (Å²) in [5, 5.41) is 12.0. The average molecular weight is 221 g/mol. The predicted molar refractivity (Wildman–Crippen MR) is 61.6 cm³/mol. The summed E-state index contributed by atoms with van der Waals surface area (Å²) in [5.41, 5.74) is 0.356. The van der Waals surface area contributed by atoms with Crippen molar-refractivity contribution in [1.29, 1.82) is 0 Å². The van der Waals surface area contributed by atoms with Crippen LogP contribution in [0.3, 0.4) is 0 Å². The zero-order valence-electron chi connectivity index (χ0n) is 8.30. The molecule has 0 spiro atoms. The molecule has 1 N–H and O–H groups in total. The molecule has 2 rings (SSSR count). The molecule has 0 atom stereocenters. The van der Waals surface area contributed by atoms with Gasteiger partial charge in [-0.05, 0) is 24.4 Å². The lowest BCUT2D eigenvalue weighted by molar-refractivity contribution is 0.0686. The number of rotatable bonds is 3. The van der Waals surface area contributed by atoms with Gasteiger partial charge in [-0.1, -0.05) is 12.2 Å². The van der Waals surface area contributed by atoms with Gasteiger partial charge in [0.05, 0.1) is 0 Å². The van der Waals surface area contributed by atoms with Gasteiger partial charge in [0.25, 0.3) is 0 Å². The number of aromatic nitrogens is 1. The number of carbonyl (C=O) groups is 1. The minimum Gasteiger partial charge on any atom is -0.477 e. The van der Waals surface area contributed by atoms with Gasteiger partial charge in [-0.25, -0.2) is 4.79 Å². The number of carboxylic acids is 1. The van der Waals surface area contributed by atoms with E-state index in [0.717, 1.165) is 10.2 Å². The van der Waals surface area contributed by atoms with Crippen LogP contribution >= 0.6 is 11.3 Å². The van der Waals surface area contributed by atoms with Crippen molar-refractivity contribution >= 4 is 27.5 Å². The van der Waals surface area contributed by atoms with Crippen LogP contribution < -0.4 is 0 Å². The number of aromatic carboxylic acids is 1. The maximum absolute atomic E-state index is 11.0. The van der Waals surface area contributed by atoms with Crippen molar-refractivity contribution in [2.75, 3.05) is 0 Å². The fourth-order valence-electron chi connectivity index (χ4n) is 1.54. The topological polar surface area (TPSA) is 42.2 Å². The van der Waals surface area contributed by atoms with Crippen molar-refractivity contribution in [3.05, 3.63) is 35.4 Å². The van der Waals surface area contributed by atoms with Crippen molar-refractivity contribution in [2.24, 2.45) is 0 Å². The van der Waals surface area contributed by atoms with Crippen molar-refractivity contribution in [3.63, 3.8) is 0 Å². The van der Waals surface area contributed by atoms with Gasteiger partial charge in [0, 0.05) is 11.9 Å². The molecule has 0 aliphatic rings. The summed E-state index contributed by atoms with van der Waals surface area (Å²) in [6, 6.07) is 3.66. The normalized spacial score (nSPS) is 11.5. The van der Waals surface area contributed by atoms with Gasteiger partial charge in [0.2, 0.25) is 0 Å². The third kappa shape index (κ3) is 1.68. The van der Waals surface area contributed by atoms with E-state index in [1.807, 2.05) is 35.1 Å². The zero-order chi connectivity index (χ0) is 10.8. The molecule has 0 radical (unpaired) electrons. The quantitative estimate of drug-likeness (QED) is 0.809. The van der Waals surface area contributed by atoms with E-state index in [0.29, 0.717) is 12.2 Å². The Bertz CT molecular complexity index is 522. The molecular formula is C11H11NO2S. The van der Waals surface area contributed by atoms with Crippen LogP contribution in [0.1, 0.15) is 17.4 Å². The third-order valence-corrected chi connectivity index (χ3v) is 3.20. The van der Waals surface area contributed by atoms with Crippen molar-refractivity contribution in [3.8, 4) is 0 Å². The highest BCUT2D eigenvalue weighted by molar-refractivity contribution is 7.16. The number of fused-ring (bicyclic) bond motifs is 1. The maximum atomic E-state index is 11.0. The molecule has 0 aromatic carbocycles. The van der Waals surface area contributed by atoms with Crippen LogP contribution in [0.5, 0.6) is 0 Å². The lowest BCUT2D eigenvalue weighted by Crippen LogP contribution is -2.06. The summed E-state index contributed by atoms with van der Waals surface area (Å²) in [6.07, 6.45) is 3.87. The van der Waals surface area contributed by atoms with Crippen LogP contribution in [0, 0.1) is 0 Å². The second kappa shape index (κ2) is 3.90. The number of hydrogen-bond acceptors (Lipinski definition) is 2. The molecule has 0 fully saturated rings. The Balaban J connectivity index is 2.58. The van der Waals surface area contributed by atoms with Crippen LogP contribution in [0.25, 0.3) is 10.2 Å². The largest absolute Gasteiger partial charge is 0.477 e. The van der Waals surface area contributed by atoms with Gasteiger partial charge in [-0.3, -0.25) is 0 Å². The summed E-state index contributed by atoms with van der Waals surface area (Å²) >= 11 is 1.57. The molecule has 4 heteroatoms. The van der Waals surface area contributed by atoms with E-state index in [-0.39, 0.29) is 0 Å². The van der Waals surface area contributed by atoms with E-state index in [2.05, 4.69) is 0 Å². The monoisotopic (exact) mass is 221 g/mol. The van der Waals surface area contributed by atoms with Gasteiger partial charge in [-0.15, -0.1) is 11.3 Å². The Kier molecular flexibility index (Phi) is 2.60. The van der Waals surface area contributed by atoms with Gasteiger partial charge in [0.1, 0.15) is 10.5 Å². The van der Waals surface area contributed by atoms with E-state index in [1.165, 1.54) is 0 Å². The molecule has 3 nitrogen and oxygen atoms in total. The first-order valence-electron chi connectivity index (χ1n) is 4.65. The molecule has 0 unspecified atom stereocenters. The number of thiophene rings is 1. The first-order chi connectivity index (χ1) is 7.24. The summed E-state index contributed by atoms with van der Waals surface area (Å²) in [5.74, 6) is -0.872. The standard InChI is InChI=1S/C11H11NO2S/c1-2-3-5-12-9(11(13)14)7-8-4-6-15-10(8)12/h2-4,6-7H,5H2,1H3,(H,13,14)/b3-2-. The Morgan fingerprint density at radius 2 is 2.47 bits per heavy atom. The van der Waals surface area contributed by atoms with Crippen molar-refractivity contribution in [2.45, 2.75) is 13.5 Å². The maximum Gasteiger partial charge on any atom is 0.352 e. The number of nitrogens with zero attached hydrogens (tertiary/aromatic N) is 1. The Morgan fingerprint density at radius 1 is 1.67 bits per heavy atom. The summed E-state index contributed by atoms with van der Waals surface area (Å²) in [6.45, 7) is 2.54. The molecule has 2 aromatic heterocycles. The summed E-state index contributed by atoms with van der Waals surface area (Å²) in [7, 11) is 0. The van der Waals surface area contributed by atoms with Crippen LogP contribution in [0.4, 0.5) is 0 Å². The van der Waals surface area contributed by atoms with Crippen LogP contribution in [0.15, 0.2) is 29.7 Å². The molecule has 78 valence electrons. The Morgan fingerprint density at radius 3 is 3.13 bits per heavy atom. The van der Waals surface area contributed by atoms with Crippen LogP contribution in [-0.4, -0.2) is 15.6 Å². The van der Waals surface area contributed by atoms with Gasteiger partial charge in [-0.2, -0.15) is 0 Å². The third-order valence-electron chi connectivity index (χ3n) is 2.25. The highest BCUT2D eigenvalue weighted by Crippen LogP contribution is 2.25. The lowest BCUT2D eigenvalue weighted by Gasteiger charge is -2.02. The molecule has 15 heavy (non-hydrogen) atoms. The minimum atomic E-state index is -0.872. The van der Waals surface area contributed by atoms with E-state index in [4.69, 9.17) is 5.11 Å². The van der Waals surface area contributed by atoms with E-state index >= 15 is 0 Å². The van der Waals surface area contributed by atoms with Crippen molar-refractivity contribution in [1.82, 2.24) is 4.57 Å². The van der Waals surface area contributed by atoms with Crippen LogP contribution in [-0.2, 0) is 6.54 Å². The van der Waals surface area contributed by atoms with E-state index in [9.17, 15) is 4.79 Å². The highest BCUT2D eigenvalue weighted by atomic mass is 32.1. The number of carboxylic acid groups (broad SMARTS) is 1. The fourth-order valence-corrected chi connectivity index (χ4v) is 2.45. The van der Waals surface area contributed by atoms with Gasteiger partial charge >= 0.3 is 5.97 Å². The first kappa shape index (κ1) is 9.98. The number of allylic oxidation sites excluding steroid dienone is 2. The highest BCUT2D eigenvalue weighted by Gasteiger charge is 2.13. The minimum absolute atomic E-state index is 0.356. The summed E-state index contributed by atoms with van der Waals surface area (Å²) < 4.78 is 1.82.